The Morgan fingerprint density at radius 3 is 2.85 bits per heavy atom. The minimum absolute atomic E-state index is 0. The molecule has 2 amide bonds. The smallest absolute Gasteiger partial charge is 0.321 e. The summed E-state index contributed by atoms with van der Waals surface area (Å²) in [6, 6.07) is 0.0329. The summed E-state index contributed by atoms with van der Waals surface area (Å²) >= 11 is 0. The molecule has 4 N–H and O–H groups in total. The van der Waals surface area contributed by atoms with Crippen molar-refractivity contribution in [3.63, 3.8) is 0 Å². The molecule has 1 fully saturated rings. The van der Waals surface area contributed by atoms with Crippen molar-refractivity contribution in [2.75, 3.05) is 25.0 Å². The number of urea groups is 1. The van der Waals surface area contributed by atoms with Gasteiger partial charge in [0.1, 0.15) is 5.82 Å². The minimum Gasteiger partial charge on any atom is -0.396 e. The normalized spacial score (nSPS) is 21.5. The van der Waals surface area contributed by atoms with Gasteiger partial charge in [0.05, 0.1) is 24.0 Å². The van der Waals surface area contributed by atoms with Gasteiger partial charge >= 0.3 is 6.03 Å². The van der Waals surface area contributed by atoms with E-state index in [1.54, 1.807) is 0 Å². The molecule has 4 heterocycles. The monoisotopic (exact) mass is 462 g/mol. The lowest BCUT2D eigenvalue weighted by Gasteiger charge is -2.43. The van der Waals surface area contributed by atoms with Crippen LogP contribution in [0.5, 0.6) is 0 Å². The zero-order valence-electron chi connectivity index (χ0n) is 18.9. The van der Waals surface area contributed by atoms with E-state index in [4.69, 9.17) is 0 Å². The van der Waals surface area contributed by atoms with Gasteiger partial charge in [-0.25, -0.2) is 19.2 Å². The Kier molecular flexibility index (Phi) is 7.23. The average molecular weight is 463 g/mol. The van der Waals surface area contributed by atoms with Crippen LogP contribution in [-0.4, -0.2) is 72.9 Å². The molecule has 2 aromatic rings. The highest BCUT2D eigenvalue weighted by molar-refractivity contribution is 5.78. The van der Waals surface area contributed by atoms with Crippen molar-refractivity contribution in [3.05, 3.63) is 29.1 Å². The van der Waals surface area contributed by atoms with Crippen LogP contribution in [0.2, 0.25) is 0 Å². The molecule has 1 saturated heterocycles. The van der Waals surface area contributed by atoms with Crippen molar-refractivity contribution in [2.24, 2.45) is 0 Å². The molecule has 0 radical (unpaired) electrons. The number of hydrogen-bond donors (Lipinski definition) is 4. The molecule has 182 valence electrons. The predicted octanol–water partition coefficient (Wildman–Crippen LogP) is 2.50. The second kappa shape index (κ2) is 9.60. The molecule has 0 bridgehead atoms. The van der Waals surface area contributed by atoms with Gasteiger partial charge in [0.15, 0.2) is 17.5 Å². The number of fused-ring (bicyclic) bond motifs is 1. The maximum Gasteiger partial charge on any atom is 0.321 e. The number of carbonyl (C=O) groups is 1. The van der Waals surface area contributed by atoms with Crippen molar-refractivity contribution >= 4 is 17.7 Å². The third-order valence-corrected chi connectivity index (χ3v) is 6.42. The van der Waals surface area contributed by atoms with Crippen molar-refractivity contribution in [1.82, 2.24) is 35.3 Å². The summed E-state index contributed by atoms with van der Waals surface area (Å²) in [4.78, 5) is 25.4. The lowest BCUT2D eigenvalue weighted by atomic mass is 10.0. The summed E-state index contributed by atoms with van der Waals surface area (Å²) < 4.78 is 14.3. The number of hydrogen-bond acceptors (Lipinski definition) is 7. The van der Waals surface area contributed by atoms with E-state index < -0.39 is 11.4 Å². The van der Waals surface area contributed by atoms with Crippen molar-refractivity contribution in [3.8, 4) is 0 Å². The van der Waals surface area contributed by atoms with Gasteiger partial charge in [-0.15, -0.1) is 0 Å². The summed E-state index contributed by atoms with van der Waals surface area (Å²) in [6.45, 7) is 9.49. The first-order valence-corrected chi connectivity index (χ1v) is 11.0. The van der Waals surface area contributed by atoms with E-state index >= 15 is 0 Å². The van der Waals surface area contributed by atoms with Gasteiger partial charge in [-0.3, -0.25) is 5.10 Å². The van der Waals surface area contributed by atoms with Gasteiger partial charge in [0, 0.05) is 43.8 Å². The Balaban J connectivity index is 0.00000306. The molecule has 11 heteroatoms. The number of nitrogens with one attached hydrogen (secondary N) is 3. The van der Waals surface area contributed by atoms with Gasteiger partial charge in [-0.1, -0.05) is 14.4 Å². The number of anilines is 2. The molecule has 2 aromatic heterocycles. The summed E-state index contributed by atoms with van der Waals surface area (Å²) in [5.41, 5.74) is 1.01. The van der Waals surface area contributed by atoms with Crippen molar-refractivity contribution in [2.45, 2.75) is 72.1 Å². The molecule has 2 atom stereocenters. The second-order valence-electron chi connectivity index (χ2n) is 8.93. The lowest BCUT2D eigenvalue weighted by molar-refractivity contribution is 0.0759. The van der Waals surface area contributed by atoms with E-state index in [1.165, 1.54) is 0 Å². The van der Waals surface area contributed by atoms with Gasteiger partial charge in [0.2, 0.25) is 0 Å². The predicted molar refractivity (Wildman–Crippen MR) is 124 cm³/mol. The lowest BCUT2D eigenvalue weighted by Crippen LogP contribution is -2.61. The minimum atomic E-state index is -0.616. The third kappa shape index (κ3) is 4.51. The Morgan fingerprint density at radius 1 is 1.39 bits per heavy atom. The summed E-state index contributed by atoms with van der Waals surface area (Å²) in [7, 11) is 0. The quantitative estimate of drug-likeness (QED) is 0.538. The van der Waals surface area contributed by atoms with Gasteiger partial charge in [-0.05, 0) is 27.2 Å². The number of carbonyl (C=O) groups excluding carboxylic acids is 1. The second-order valence-corrected chi connectivity index (χ2v) is 8.93. The molecule has 0 spiro atoms. The molecule has 33 heavy (non-hydrogen) atoms. The zero-order chi connectivity index (χ0) is 23.0. The van der Waals surface area contributed by atoms with Crippen LogP contribution in [0.1, 0.15) is 58.6 Å². The van der Waals surface area contributed by atoms with Crippen LogP contribution >= 0.6 is 0 Å². The molecular weight excluding hydrogens is 427 g/mol. The number of halogens is 1. The zero-order valence-corrected chi connectivity index (χ0v) is 18.9. The van der Waals surface area contributed by atoms with Gasteiger partial charge in [0.25, 0.3) is 0 Å². The van der Waals surface area contributed by atoms with Crippen LogP contribution in [0.3, 0.4) is 0 Å². The molecule has 2 aliphatic rings. The van der Waals surface area contributed by atoms with Crippen molar-refractivity contribution < 1.29 is 14.3 Å². The van der Waals surface area contributed by atoms with Crippen molar-refractivity contribution in [1.29, 1.82) is 0 Å². The fourth-order valence-electron chi connectivity index (χ4n) is 4.40. The number of aromatic nitrogens is 4. The fourth-order valence-corrected chi connectivity index (χ4v) is 4.40. The van der Waals surface area contributed by atoms with E-state index in [9.17, 15) is 14.3 Å². The van der Waals surface area contributed by atoms with E-state index in [1.807, 2.05) is 37.5 Å². The molecular formula is C22H35FN8O2. The Hall–Kier alpha value is -2.79. The first-order valence-electron chi connectivity index (χ1n) is 11.0. The van der Waals surface area contributed by atoms with Crippen LogP contribution in [0.25, 0.3) is 0 Å². The number of piperazine rings is 1. The largest absolute Gasteiger partial charge is 0.396 e. The Bertz CT molecular complexity index is 995. The number of aliphatic hydroxyl groups is 1. The first-order chi connectivity index (χ1) is 15.3. The number of H-pyrrole nitrogens is 1. The van der Waals surface area contributed by atoms with Crippen LogP contribution in [0, 0.1) is 5.82 Å². The number of amides is 2. The first kappa shape index (κ1) is 24.8. The fraction of sp³-hybridized carbons (Fsp3) is 0.636. The maximum absolute atomic E-state index is 14.3. The van der Waals surface area contributed by atoms with E-state index in [0.717, 1.165) is 17.5 Å². The SMILES string of the molecule is C.CCc1ncc(F)c(Nc2n[nH]c3c2CN(C(=O)N2CC(CCO)NC[C@@H]2C)C3(C)C)n1. The number of aromatic amines is 1. The summed E-state index contributed by atoms with van der Waals surface area (Å²) in [5.74, 6) is 0.489. The molecule has 0 aromatic carbocycles. The summed E-state index contributed by atoms with van der Waals surface area (Å²) in [5, 5.41) is 23.0. The summed E-state index contributed by atoms with van der Waals surface area (Å²) in [6.07, 6.45) is 2.33. The van der Waals surface area contributed by atoms with E-state index in [2.05, 4.69) is 30.8 Å². The van der Waals surface area contributed by atoms with Crippen LogP contribution < -0.4 is 10.6 Å². The van der Waals surface area contributed by atoms with Gasteiger partial charge in [-0.2, -0.15) is 5.10 Å². The standard InChI is InChI=1S/C21H31FN8O2.CH4/c1-5-16-24-9-15(22)19(25-16)26-18-14-11-30(21(3,4)17(14)27-28-18)20(32)29-10-13(6-7-31)23-8-12(29)2;/h9,12-13,23,31H,5-8,10-11H2,1-4H3,(H2,24,25,26,27,28);1H4/t12-,13?;/m0./s1. The maximum atomic E-state index is 14.3. The highest BCUT2D eigenvalue weighted by Crippen LogP contribution is 2.42. The third-order valence-electron chi connectivity index (χ3n) is 6.42. The average Bonchev–Trinajstić information content (AvgIpc) is 3.29. The van der Waals surface area contributed by atoms with Crippen LogP contribution in [0.15, 0.2) is 6.20 Å². The number of rotatable bonds is 5. The molecule has 2 aliphatic heterocycles. The van der Waals surface area contributed by atoms with E-state index in [-0.39, 0.29) is 38.0 Å². The van der Waals surface area contributed by atoms with Crippen LogP contribution in [0.4, 0.5) is 20.8 Å². The van der Waals surface area contributed by atoms with Gasteiger partial charge < -0.3 is 25.5 Å². The molecule has 0 saturated carbocycles. The Labute approximate surface area is 194 Å². The number of nitrogens with zero attached hydrogens (tertiary/aromatic N) is 5. The highest BCUT2D eigenvalue weighted by Gasteiger charge is 2.46. The molecule has 10 nitrogen and oxygen atoms in total. The molecule has 0 aliphatic carbocycles. The highest BCUT2D eigenvalue weighted by atomic mass is 19.1. The topological polar surface area (TPSA) is 122 Å². The number of aliphatic hydroxyl groups excluding tert-OH is 1. The molecule has 1 unspecified atom stereocenters. The van der Waals surface area contributed by atoms with Crippen LogP contribution in [-0.2, 0) is 18.5 Å². The van der Waals surface area contributed by atoms with E-state index in [0.29, 0.717) is 44.1 Å². The molecule has 4 rings (SSSR count). The number of aryl methyl sites for hydroxylation is 1. The Morgan fingerprint density at radius 2 is 2.15 bits per heavy atom.